The van der Waals surface area contributed by atoms with Crippen LogP contribution in [-0.4, -0.2) is 21.7 Å². The number of nitrogens with zero attached hydrogens (tertiary/aromatic N) is 2. The maximum atomic E-state index is 13.1. The molecule has 0 atom stereocenters. The molecular weight excluding hydrogens is 293 g/mol. The molecule has 3 rings (SSSR count). The molecule has 1 saturated carbocycles. The first-order chi connectivity index (χ1) is 11.0. The van der Waals surface area contributed by atoms with Crippen LogP contribution < -0.4 is 5.32 Å². The Hall–Kier alpha value is -2.17. The number of hydrogen-bond donors (Lipinski definition) is 1. The van der Waals surface area contributed by atoms with Crippen LogP contribution in [0.25, 0.3) is 5.69 Å². The van der Waals surface area contributed by atoms with Crippen molar-refractivity contribution in [3.8, 4) is 5.69 Å². The molecule has 1 aromatic heterocycles. The van der Waals surface area contributed by atoms with Gasteiger partial charge in [-0.3, -0.25) is 4.79 Å². The summed E-state index contributed by atoms with van der Waals surface area (Å²) in [6, 6.07) is 6.47. The fourth-order valence-corrected chi connectivity index (χ4v) is 2.70. The number of carbonyl (C=O) groups is 1. The monoisotopic (exact) mass is 315 g/mol. The molecule has 4 nitrogen and oxygen atoms in total. The topological polar surface area (TPSA) is 46.9 Å². The Bertz CT molecular complexity index is 715. The first kappa shape index (κ1) is 15.7. The van der Waals surface area contributed by atoms with Gasteiger partial charge in [0, 0.05) is 6.04 Å². The average molecular weight is 315 g/mol. The van der Waals surface area contributed by atoms with Crippen molar-refractivity contribution in [2.75, 3.05) is 0 Å². The van der Waals surface area contributed by atoms with E-state index >= 15 is 0 Å². The highest BCUT2D eigenvalue weighted by molar-refractivity contribution is 5.97. The first-order valence-corrected chi connectivity index (χ1v) is 8.11. The van der Waals surface area contributed by atoms with E-state index in [1.54, 1.807) is 16.8 Å². The molecule has 1 aromatic carbocycles. The summed E-state index contributed by atoms with van der Waals surface area (Å²) in [6.07, 6.45) is 2.84. The van der Waals surface area contributed by atoms with Gasteiger partial charge < -0.3 is 5.32 Å². The van der Waals surface area contributed by atoms with Gasteiger partial charge in [-0.25, -0.2) is 9.07 Å². The molecule has 5 heteroatoms. The zero-order valence-corrected chi connectivity index (χ0v) is 13.8. The van der Waals surface area contributed by atoms with Crippen molar-refractivity contribution >= 4 is 5.91 Å². The van der Waals surface area contributed by atoms with Gasteiger partial charge in [-0.15, -0.1) is 0 Å². The molecule has 0 unspecified atom stereocenters. The summed E-state index contributed by atoms with van der Waals surface area (Å²) in [6.45, 7) is 6.10. The summed E-state index contributed by atoms with van der Waals surface area (Å²) < 4.78 is 14.9. The summed E-state index contributed by atoms with van der Waals surface area (Å²) in [4.78, 5) is 12.6. The largest absolute Gasteiger partial charge is 0.349 e. The zero-order chi connectivity index (χ0) is 16.6. The molecule has 122 valence electrons. The van der Waals surface area contributed by atoms with Crippen molar-refractivity contribution in [1.82, 2.24) is 15.1 Å². The molecule has 1 N–H and O–H groups in total. The number of benzene rings is 1. The van der Waals surface area contributed by atoms with Crippen LogP contribution in [0.4, 0.5) is 4.39 Å². The Balaban J connectivity index is 2.01. The summed E-state index contributed by atoms with van der Waals surface area (Å²) in [5, 5.41) is 7.68. The minimum atomic E-state index is -0.285. The standard InChI is InChI=1S/C18H22FN3O/c1-11(2)10-16-17(18(23)20-14-6-7-14)12(3)22(21-16)15-8-4-13(19)5-9-15/h4-5,8-9,11,14H,6-7,10H2,1-3H3,(H,20,23). The number of carbonyl (C=O) groups excluding carboxylic acids is 1. The summed E-state index contributed by atoms with van der Waals surface area (Å²) in [5.41, 5.74) is 3.03. The molecule has 1 amide bonds. The quantitative estimate of drug-likeness (QED) is 0.919. The van der Waals surface area contributed by atoms with Gasteiger partial charge in [-0.05, 0) is 56.4 Å². The molecule has 0 radical (unpaired) electrons. The predicted molar refractivity (Wildman–Crippen MR) is 87.3 cm³/mol. The van der Waals surface area contributed by atoms with Gasteiger partial charge in [0.05, 0.1) is 22.6 Å². The number of halogens is 1. The van der Waals surface area contributed by atoms with E-state index in [4.69, 9.17) is 0 Å². The third-order valence-electron chi connectivity index (χ3n) is 4.00. The van der Waals surface area contributed by atoms with Crippen molar-refractivity contribution in [3.05, 3.63) is 47.0 Å². The van der Waals surface area contributed by atoms with Crippen LogP contribution in [0.5, 0.6) is 0 Å². The van der Waals surface area contributed by atoms with Crippen molar-refractivity contribution in [2.24, 2.45) is 5.92 Å². The highest BCUT2D eigenvalue weighted by Gasteiger charge is 2.28. The van der Waals surface area contributed by atoms with E-state index < -0.39 is 0 Å². The van der Waals surface area contributed by atoms with Crippen molar-refractivity contribution < 1.29 is 9.18 Å². The van der Waals surface area contributed by atoms with Gasteiger partial charge in [0.25, 0.3) is 5.91 Å². The van der Waals surface area contributed by atoms with Gasteiger partial charge >= 0.3 is 0 Å². The maximum Gasteiger partial charge on any atom is 0.255 e. The average Bonchev–Trinajstić information content (AvgIpc) is 3.23. The van der Waals surface area contributed by atoms with E-state index in [-0.39, 0.29) is 11.7 Å². The Morgan fingerprint density at radius 2 is 2.00 bits per heavy atom. The van der Waals surface area contributed by atoms with Crippen LogP contribution in [0.1, 0.15) is 48.4 Å². The molecule has 1 fully saturated rings. The van der Waals surface area contributed by atoms with Gasteiger partial charge in [0.15, 0.2) is 0 Å². The lowest BCUT2D eigenvalue weighted by Gasteiger charge is -2.07. The lowest BCUT2D eigenvalue weighted by atomic mass is 10.0. The lowest BCUT2D eigenvalue weighted by molar-refractivity contribution is 0.0949. The van der Waals surface area contributed by atoms with E-state index in [2.05, 4.69) is 24.3 Å². The number of rotatable bonds is 5. The molecule has 2 aromatic rings. The van der Waals surface area contributed by atoms with E-state index in [1.807, 2.05) is 6.92 Å². The number of hydrogen-bond acceptors (Lipinski definition) is 2. The molecule has 0 saturated heterocycles. The zero-order valence-electron chi connectivity index (χ0n) is 13.8. The second kappa shape index (κ2) is 6.14. The molecule has 0 aliphatic heterocycles. The Morgan fingerprint density at radius 3 is 2.57 bits per heavy atom. The van der Waals surface area contributed by atoms with Crippen LogP contribution in [-0.2, 0) is 6.42 Å². The summed E-state index contributed by atoms with van der Waals surface area (Å²) in [5.74, 6) is 0.0696. The van der Waals surface area contributed by atoms with E-state index in [9.17, 15) is 9.18 Å². The second-order valence-corrected chi connectivity index (χ2v) is 6.64. The number of nitrogens with one attached hydrogen (secondary N) is 1. The van der Waals surface area contributed by atoms with Gasteiger partial charge in [0.1, 0.15) is 5.82 Å². The molecule has 0 bridgehead atoms. The van der Waals surface area contributed by atoms with Crippen LogP contribution >= 0.6 is 0 Å². The minimum Gasteiger partial charge on any atom is -0.349 e. The van der Waals surface area contributed by atoms with Crippen LogP contribution in [0.3, 0.4) is 0 Å². The molecule has 23 heavy (non-hydrogen) atoms. The van der Waals surface area contributed by atoms with Crippen molar-refractivity contribution in [3.63, 3.8) is 0 Å². The fraction of sp³-hybridized carbons (Fsp3) is 0.444. The van der Waals surface area contributed by atoms with Crippen LogP contribution in [0.15, 0.2) is 24.3 Å². The molecule has 1 heterocycles. The highest BCUT2D eigenvalue weighted by atomic mass is 19.1. The summed E-state index contributed by atoms with van der Waals surface area (Å²) >= 11 is 0. The van der Waals surface area contributed by atoms with Crippen molar-refractivity contribution in [2.45, 2.75) is 46.1 Å². The third-order valence-corrected chi connectivity index (χ3v) is 4.00. The van der Waals surface area contributed by atoms with Crippen LogP contribution in [0, 0.1) is 18.7 Å². The maximum absolute atomic E-state index is 13.1. The number of amides is 1. The van der Waals surface area contributed by atoms with Crippen LogP contribution in [0.2, 0.25) is 0 Å². The summed E-state index contributed by atoms with van der Waals surface area (Å²) in [7, 11) is 0. The second-order valence-electron chi connectivity index (χ2n) is 6.64. The normalized spacial score (nSPS) is 14.3. The molecule has 0 spiro atoms. The smallest absolute Gasteiger partial charge is 0.255 e. The Morgan fingerprint density at radius 1 is 1.35 bits per heavy atom. The first-order valence-electron chi connectivity index (χ1n) is 8.11. The van der Waals surface area contributed by atoms with Crippen molar-refractivity contribution in [1.29, 1.82) is 0 Å². The van der Waals surface area contributed by atoms with E-state index in [0.29, 0.717) is 17.5 Å². The van der Waals surface area contributed by atoms with E-state index in [1.165, 1.54) is 12.1 Å². The molecule has 1 aliphatic carbocycles. The highest BCUT2D eigenvalue weighted by Crippen LogP contribution is 2.24. The Labute approximate surface area is 135 Å². The third kappa shape index (κ3) is 3.44. The SMILES string of the molecule is Cc1c(C(=O)NC2CC2)c(CC(C)C)nn1-c1ccc(F)cc1. The lowest BCUT2D eigenvalue weighted by Crippen LogP contribution is -2.27. The fourth-order valence-electron chi connectivity index (χ4n) is 2.70. The van der Waals surface area contributed by atoms with E-state index in [0.717, 1.165) is 36.3 Å². The van der Waals surface area contributed by atoms with Gasteiger partial charge in [-0.1, -0.05) is 13.8 Å². The molecule has 1 aliphatic rings. The number of aromatic nitrogens is 2. The predicted octanol–water partition coefficient (Wildman–Crippen LogP) is 3.41. The van der Waals surface area contributed by atoms with Gasteiger partial charge in [0.2, 0.25) is 0 Å². The minimum absolute atomic E-state index is 0.0472. The Kier molecular flexibility index (Phi) is 4.20. The van der Waals surface area contributed by atoms with Gasteiger partial charge in [-0.2, -0.15) is 5.10 Å². The molecular formula is C18H22FN3O.